The standard InChI is InChI=1S/C8H11O5P/c1-2-12-8(9)7-4-3-6(13-7)5-14(10)11/h3-4,14H,2,5H2,1H3,(H,10,11). The summed E-state index contributed by atoms with van der Waals surface area (Å²) in [5.74, 6) is -0.180. The Bertz CT molecular complexity index is 343. The largest absolute Gasteiger partial charge is 0.460 e. The molecular weight excluding hydrogens is 207 g/mol. The molecule has 1 aromatic heterocycles. The van der Waals surface area contributed by atoms with Gasteiger partial charge in [-0.3, -0.25) is 4.57 Å². The van der Waals surface area contributed by atoms with Gasteiger partial charge in [-0.15, -0.1) is 0 Å². The second-order valence-corrected chi connectivity index (χ2v) is 3.70. The van der Waals surface area contributed by atoms with Crippen molar-refractivity contribution in [3.63, 3.8) is 0 Å². The van der Waals surface area contributed by atoms with Gasteiger partial charge < -0.3 is 14.0 Å². The van der Waals surface area contributed by atoms with Crippen LogP contribution in [0.1, 0.15) is 23.2 Å². The van der Waals surface area contributed by atoms with Crippen LogP contribution in [0.5, 0.6) is 0 Å². The molecular formula is C8H11O5P. The third kappa shape index (κ3) is 3.01. The predicted octanol–water partition coefficient (Wildman–Crippen LogP) is 1.42. The van der Waals surface area contributed by atoms with Crippen LogP contribution >= 0.6 is 8.03 Å². The lowest BCUT2D eigenvalue weighted by Crippen LogP contribution is -2.02. The van der Waals surface area contributed by atoms with E-state index in [0.717, 1.165) is 0 Å². The summed E-state index contributed by atoms with van der Waals surface area (Å²) in [4.78, 5) is 19.7. The Labute approximate surface area is 81.5 Å². The van der Waals surface area contributed by atoms with Gasteiger partial charge in [-0.05, 0) is 19.1 Å². The highest BCUT2D eigenvalue weighted by molar-refractivity contribution is 7.37. The van der Waals surface area contributed by atoms with Crippen LogP contribution in [0.25, 0.3) is 0 Å². The molecule has 0 fully saturated rings. The quantitative estimate of drug-likeness (QED) is 0.610. The number of carbonyl (C=O) groups is 1. The first-order chi connectivity index (χ1) is 6.63. The van der Waals surface area contributed by atoms with Crippen LogP contribution < -0.4 is 0 Å². The fraction of sp³-hybridized carbons (Fsp3) is 0.375. The molecule has 0 aromatic carbocycles. The van der Waals surface area contributed by atoms with Gasteiger partial charge in [0.15, 0.2) is 8.03 Å². The molecule has 0 aliphatic heterocycles. The van der Waals surface area contributed by atoms with E-state index in [4.69, 9.17) is 9.31 Å². The summed E-state index contributed by atoms with van der Waals surface area (Å²) in [6, 6.07) is 2.92. The molecule has 0 saturated carbocycles. The van der Waals surface area contributed by atoms with Gasteiger partial charge in [-0.1, -0.05) is 0 Å². The molecule has 14 heavy (non-hydrogen) atoms. The Morgan fingerprint density at radius 2 is 2.36 bits per heavy atom. The molecule has 1 atom stereocenters. The molecule has 0 aliphatic carbocycles. The molecule has 1 heterocycles. The minimum absolute atomic E-state index is 0.0515. The Hall–Kier alpha value is -1.06. The summed E-state index contributed by atoms with van der Waals surface area (Å²) in [5, 5.41) is 0. The zero-order valence-electron chi connectivity index (χ0n) is 7.65. The van der Waals surface area contributed by atoms with Gasteiger partial charge in [0, 0.05) is 0 Å². The molecule has 1 aromatic rings. The molecule has 0 spiro atoms. The Balaban J connectivity index is 2.67. The third-order valence-corrected chi connectivity index (χ3v) is 2.11. The number of hydrogen-bond acceptors (Lipinski definition) is 4. The number of furan rings is 1. The van der Waals surface area contributed by atoms with Crippen LogP contribution in [0.4, 0.5) is 0 Å². The number of rotatable bonds is 4. The van der Waals surface area contributed by atoms with Crippen molar-refractivity contribution in [2.75, 3.05) is 6.61 Å². The zero-order chi connectivity index (χ0) is 10.6. The molecule has 6 heteroatoms. The van der Waals surface area contributed by atoms with Crippen LogP contribution in [0, 0.1) is 0 Å². The van der Waals surface area contributed by atoms with Crippen molar-refractivity contribution >= 4 is 14.0 Å². The van der Waals surface area contributed by atoms with Gasteiger partial charge in [-0.25, -0.2) is 4.79 Å². The molecule has 78 valence electrons. The Kier molecular flexibility index (Phi) is 3.92. The normalized spacial score (nSPS) is 12.4. The van der Waals surface area contributed by atoms with E-state index >= 15 is 0 Å². The van der Waals surface area contributed by atoms with Gasteiger partial charge in [0.2, 0.25) is 5.76 Å². The predicted molar refractivity (Wildman–Crippen MR) is 49.6 cm³/mol. The summed E-state index contributed by atoms with van der Waals surface area (Å²) in [7, 11) is -2.61. The SMILES string of the molecule is CCOC(=O)c1ccc(C[PH](=O)O)o1. The van der Waals surface area contributed by atoms with Crippen molar-refractivity contribution in [2.24, 2.45) is 0 Å². The summed E-state index contributed by atoms with van der Waals surface area (Å²) in [6.07, 6.45) is -0.0515. The fourth-order valence-electron chi connectivity index (χ4n) is 0.934. The maximum atomic E-state index is 11.1. The fourth-order valence-corrected chi connectivity index (χ4v) is 1.42. The molecule has 1 unspecified atom stereocenters. The summed E-state index contributed by atoms with van der Waals surface area (Å²) >= 11 is 0. The third-order valence-electron chi connectivity index (χ3n) is 1.46. The first-order valence-corrected chi connectivity index (χ1v) is 5.67. The van der Waals surface area contributed by atoms with E-state index in [2.05, 4.69) is 4.74 Å². The highest BCUT2D eigenvalue weighted by atomic mass is 31.1. The average molecular weight is 218 g/mol. The van der Waals surface area contributed by atoms with Gasteiger partial charge in [0.1, 0.15) is 5.76 Å². The van der Waals surface area contributed by atoms with Crippen molar-refractivity contribution < 1.29 is 23.4 Å². The van der Waals surface area contributed by atoms with E-state index in [1.807, 2.05) is 0 Å². The second-order valence-electron chi connectivity index (χ2n) is 2.56. The maximum Gasteiger partial charge on any atom is 0.374 e. The van der Waals surface area contributed by atoms with Gasteiger partial charge in [0.05, 0.1) is 12.8 Å². The molecule has 0 bridgehead atoms. The van der Waals surface area contributed by atoms with Gasteiger partial charge in [0.25, 0.3) is 0 Å². The lowest BCUT2D eigenvalue weighted by molar-refractivity contribution is 0.0488. The summed E-state index contributed by atoms with van der Waals surface area (Å²) in [5.41, 5.74) is 0. The summed E-state index contributed by atoms with van der Waals surface area (Å²) < 4.78 is 20.2. The van der Waals surface area contributed by atoms with Crippen molar-refractivity contribution in [1.82, 2.24) is 0 Å². The van der Waals surface area contributed by atoms with Gasteiger partial charge >= 0.3 is 5.97 Å². The van der Waals surface area contributed by atoms with E-state index in [1.165, 1.54) is 12.1 Å². The van der Waals surface area contributed by atoms with Crippen LogP contribution in [0.15, 0.2) is 16.5 Å². The van der Waals surface area contributed by atoms with E-state index < -0.39 is 14.0 Å². The molecule has 0 radical (unpaired) electrons. The van der Waals surface area contributed by atoms with E-state index in [0.29, 0.717) is 5.76 Å². The first-order valence-electron chi connectivity index (χ1n) is 4.11. The topological polar surface area (TPSA) is 76.7 Å². The van der Waals surface area contributed by atoms with Crippen LogP contribution in [0.3, 0.4) is 0 Å². The summed E-state index contributed by atoms with van der Waals surface area (Å²) in [6.45, 7) is 1.96. The number of ether oxygens (including phenoxy) is 1. The molecule has 5 nitrogen and oxygen atoms in total. The van der Waals surface area contributed by atoms with Crippen molar-refractivity contribution in [3.05, 3.63) is 23.7 Å². The Morgan fingerprint density at radius 1 is 1.64 bits per heavy atom. The lowest BCUT2D eigenvalue weighted by atomic mass is 10.4. The van der Waals surface area contributed by atoms with Crippen molar-refractivity contribution in [1.29, 1.82) is 0 Å². The number of hydrogen-bond donors (Lipinski definition) is 1. The highest BCUT2D eigenvalue weighted by Crippen LogP contribution is 2.22. The zero-order valence-corrected chi connectivity index (χ0v) is 8.65. The number of esters is 1. The van der Waals surface area contributed by atoms with Gasteiger partial charge in [-0.2, -0.15) is 0 Å². The maximum absolute atomic E-state index is 11.1. The second kappa shape index (κ2) is 4.98. The molecule has 1 rings (SSSR count). The highest BCUT2D eigenvalue weighted by Gasteiger charge is 2.12. The molecule has 1 N–H and O–H groups in total. The smallest absolute Gasteiger partial charge is 0.374 e. The monoisotopic (exact) mass is 218 g/mol. The lowest BCUT2D eigenvalue weighted by Gasteiger charge is -1.96. The van der Waals surface area contributed by atoms with E-state index in [9.17, 15) is 9.36 Å². The molecule has 0 aliphatic rings. The minimum atomic E-state index is -2.61. The van der Waals surface area contributed by atoms with E-state index in [-0.39, 0.29) is 18.5 Å². The van der Waals surface area contributed by atoms with Crippen LogP contribution in [-0.2, 0) is 15.5 Å². The molecule has 0 saturated heterocycles. The van der Waals surface area contributed by atoms with Crippen LogP contribution in [0.2, 0.25) is 0 Å². The van der Waals surface area contributed by atoms with Crippen LogP contribution in [-0.4, -0.2) is 17.5 Å². The van der Waals surface area contributed by atoms with E-state index in [1.54, 1.807) is 6.92 Å². The molecule has 0 amide bonds. The van der Waals surface area contributed by atoms with Crippen molar-refractivity contribution in [3.8, 4) is 0 Å². The Morgan fingerprint density at radius 3 is 2.93 bits per heavy atom. The number of carbonyl (C=O) groups excluding carboxylic acids is 1. The first kappa shape index (κ1) is 11.0. The average Bonchev–Trinajstić information content (AvgIpc) is 2.52. The minimum Gasteiger partial charge on any atom is -0.460 e. The van der Waals surface area contributed by atoms with Crippen molar-refractivity contribution in [2.45, 2.75) is 13.1 Å².